The molecule has 6 rings (SSSR count). The van der Waals surface area contributed by atoms with E-state index in [1.165, 1.54) is 59.6 Å². The topological polar surface area (TPSA) is 25.8 Å². The van der Waals surface area contributed by atoms with Crippen molar-refractivity contribution in [2.24, 2.45) is 0 Å². The Morgan fingerprint density at radius 2 is 1.31 bits per heavy atom. The third-order valence-electron chi connectivity index (χ3n) is 8.27. The number of aryl methyl sites for hydroxylation is 3. The van der Waals surface area contributed by atoms with Crippen LogP contribution < -0.4 is 0 Å². The van der Waals surface area contributed by atoms with Gasteiger partial charge < -0.3 is 9.97 Å². The van der Waals surface area contributed by atoms with Gasteiger partial charge in [0.1, 0.15) is 0 Å². The molecule has 2 heterocycles. The molecule has 1 radical (unpaired) electrons. The molecule has 0 aliphatic carbocycles. The van der Waals surface area contributed by atoms with Gasteiger partial charge in [0.15, 0.2) is 0 Å². The van der Waals surface area contributed by atoms with Crippen molar-refractivity contribution >= 4 is 0 Å². The minimum absolute atomic E-state index is 0. The van der Waals surface area contributed by atoms with E-state index in [-0.39, 0.29) is 20.1 Å². The fraction of sp³-hybridized carbons (Fsp3) is 0.209. The van der Waals surface area contributed by atoms with Gasteiger partial charge in [0.25, 0.3) is 0 Å². The average Bonchev–Trinajstić information content (AvgIpc) is 3.11. The number of hydrogen-bond acceptors (Lipinski definition) is 2. The van der Waals surface area contributed by atoms with Crippen LogP contribution in [0.2, 0.25) is 0 Å². The van der Waals surface area contributed by atoms with Gasteiger partial charge in [0, 0.05) is 32.5 Å². The van der Waals surface area contributed by atoms with Gasteiger partial charge in [-0.1, -0.05) is 92.9 Å². The van der Waals surface area contributed by atoms with E-state index in [4.69, 9.17) is 0 Å². The van der Waals surface area contributed by atoms with Crippen LogP contribution in [0.3, 0.4) is 0 Å². The Balaban J connectivity index is 0.000000227. The van der Waals surface area contributed by atoms with Crippen molar-refractivity contribution in [2.45, 2.75) is 59.1 Å². The van der Waals surface area contributed by atoms with Gasteiger partial charge in [-0.2, -0.15) is 13.2 Å². The fourth-order valence-electron chi connectivity index (χ4n) is 5.70. The molecule has 0 spiro atoms. The van der Waals surface area contributed by atoms with E-state index in [9.17, 15) is 13.2 Å². The molecule has 0 N–H and O–H groups in total. The first-order valence-electron chi connectivity index (χ1n) is 16.4. The summed E-state index contributed by atoms with van der Waals surface area (Å²) in [5, 5.41) is 0. The van der Waals surface area contributed by atoms with Gasteiger partial charge >= 0.3 is 6.18 Å². The van der Waals surface area contributed by atoms with Gasteiger partial charge in [-0.15, -0.1) is 71.3 Å². The number of nitrogens with zero attached hydrogens (tertiary/aromatic N) is 2. The van der Waals surface area contributed by atoms with Crippen molar-refractivity contribution in [3.05, 3.63) is 156 Å². The normalized spacial score (nSPS) is 10.9. The Morgan fingerprint density at radius 3 is 1.96 bits per heavy atom. The van der Waals surface area contributed by atoms with Gasteiger partial charge in [-0.25, -0.2) is 0 Å². The van der Waals surface area contributed by atoms with Crippen LogP contribution in [0.1, 0.15) is 54.9 Å². The molecule has 2 nitrogen and oxygen atoms in total. The first-order chi connectivity index (χ1) is 23.2. The van der Waals surface area contributed by atoms with Crippen molar-refractivity contribution in [3.63, 3.8) is 0 Å². The fourth-order valence-corrected chi connectivity index (χ4v) is 5.70. The van der Waals surface area contributed by atoms with Crippen LogP contribution in [0.15, 0.2) is 122 Å². The zero-order chi connectivity index (χ0) is 33.9. The van der Waals surface area contributed by atoms with E-state index in [1.807, 2.05) is 42.6 Å². The Kier molecular flexibility index (Phi) is 13.6. The molecule has 2 aromatic heterocycles. The Hall–Kier alpha value is -4.38. The molecule has 0 saturated carbocycles. The molecule has 0 aliphatic heterocycles. The van der Waals surface area contributed by atoms with Crippen LogP contribution in [0.5, 0.6) is 0 Å². The Morgan fingerprint density at radius 1 is 0.612 bits per heavy atom. The summed E-state index contributed by atoms with van der Waals surface area (Å²) in [7, 11) is 0. The van der Waals surface area contributed by atoms with Gasteiger partial charge in [-0.3, -0.25) is 0 Å². The number of benzene rings is 4. The number of hydrogen-bond donors (Lipinski definition) is 0. The van der Waals surface area contributed by atoms with E-state index in [1.54, 1.807) is 6.07 Å². The summed E-state index contributed by atoms with van der Waals surface area (Å²) in [6, 6.07) is 41.3. The molecule has 0 unspecified atom stereocenters. The third-order valence-corrected chi connectivity index (χ3v) is 8.27. The number of halogens is 3. The largest absolute Gasteiger partial charge is 0.417 e. The molecule has 6 heteroatoms. The summed E-state index contributed by atoms with van der Waals surface area (Å²) in [5.74, 6) is 0. The van der Waals surface area contributed by atoms with Crippen LogP contribution in [-0.2, 0) is 32.7 Å². The molecule has 253 valence electrons. The monoisotopic (exact) mass is 833 g/mol. The predicted molar refractivity (Wildman–Crippen MR) is 190 cm³/mol. The van der Waals surface area contributed by atoms with Crippen molar-refractivity contribution < 1.29 is 33.3 Å². The van der Waals surface area contributed by atoms with E-state index in [2.05, 4.69) is 97.5 Å². The summed E-state index contributed by atoms with van der Waals surface area (Å²) in [5.41, 5.74) is 10.8. The predicted octanol–water partition coefficient (Wildman–Crippen LogP) is 12.2. The minimum Gasteiger partial charge on any atom is -0.304 e. The second-order valence-corrected chi connectivity index (χ2v) is 11.9. The second kappa shape index (κ2) is 17.9. The summed E-state index contributed by atoms with van der Waals surface area (Å²) in [6.45, 7) is 6.48. The number of pyridine rings is 2. The number of rotatable bonds is 9. The maximum Gasteiger partial charge on any atom is 0.417 e. The molecule has 0 saturated heterocycles. The van der Waals surface area contributed by atoms with Crippen molar-refractivity contribution in [1.29, 1.82) is 0 Å². The first-order valence-corrected chi connectivity index (χ1v) is 16.4. The quantitative estimate of drug-likeness (QED) is 0.107. The summed E-state index contributed by atoms with van der Waals surface area (Å²) < 4.78 is 38.2. The third kappa shape index (κ3) is 10.3. The molecule has 4 aromatic carbocycles. The van der Waals surface area contributed by atoms with Crippen molar-refractivity contribution in [1.82, 2.24) is 9.97 Å². The van der Waals surface area contributed by atoms with Gasteiger partial charge in [0.05, 0.1) is 5.56 Å². The Bertz CT molecular complexity index is 1880. The molecular weight excluding hydrogens is 794 g/mol. The molecule has 0 amide bonds. The standard InChI is InChI=1S/C24H23F3N.C19H16N.Ir/c1-2-3-4-5-8-18-9-6-10-19(15-18)20-11-7-12-21(16-20)23-14-13-22(17-28-23)24(25,26)27;1-14-7-6-8-15(2)19(14)17-11-12-18(20-13-17)16-9-4-3-5-10-16;/h6-7,9-11,13-17H,2-5,8H2,1H3;3-9,11-13H,1-2H3;/q2*-1;. The van der Waals surface area contributed by atoms with Crippen molar-refractivity contribution in [3.8, 4) is 44.8 Å². The van der Waals surface area contributed by atoms with Crippen LogP contribution in [0.4, 0.5) is 13.2 Å². The van der Waals surface area contributed by atoms with E-state index < -0.39 is 11.7 Å². The maximum absolute atomic E-state index is 12.7. The van der Waals surface area contributed by atoms with Crippen LogP contribution >= 0.6 is 0 Å². The second-order valence-electron chi connectivity index (χ2n) is 11.9. The van der Waals surface area contributed by atoms with E-state index in [0.717, 1.165) is 41.1 Å². The molecule has 0 aliphatic rings. The van der Waals surface area contributed by atoms with Crippen LogP contribution in [0, 0.1) is 26.0 Å². The van der Waals surface area contributed by atoms with Crippen molar-refractivity contribution in [2.75, 3.05) is 0 Å². The summed E-state index contributed by atoms with van der Waals surface area (Å²) in [4.78, 5) is 8.55. The van der Waals surface area contributed by atoms with E-state index in [0.29, 0.717) is 11.3 Å². The van der Waals surface area contributed by atoms with Gasteiger partial charge in [0.2, 0.25) is 0 Å². The Labute approximate surface area is 301 Å². The molecule has 0 atom stereocenters. The van der Waals surface area contributed by atoms with Gasteiger partial charge in [-0.05, 0) is 71.5 Å². The number of unbranched alkanes of at least 4 members (excludes halogenated alkanes) is 3. The van der Waals surface area contributed by atoms with Crippen LogP contribution in [0.25, 0.3) is 44.8 Å². The average molecular weight is 833 g/mol. The molecule has 0 bridgehead atoms. The smallest absolute Gasteiger partial charge is 0.304 e. The summed E-state index contributed by atoms with van der Waals surface area (Å²) in [6.07, 6.45) is 4.40. The number of alkyl halides is 3. The first kappa shape index (κ1) is 37.4. The molecule has 0 fully saturated rings. The molecule has 6 aromatic rings. The zero-order valence-electron chi connectivity index (χ0n) is 27.9. The molecule has 49 heavy (non-hydrogen) atoms. The zero-order valence-corrected chi connectivity index (χ0v) is 30.3. The number of aromatic nitrogens is 2. The summed E-state index contributed by atoms with van der Waals surface area (Å²) >= 11 is 0. The molecular formula is C43H39F3IrN2-2. The SMILES string of the molecule is CCCCCCc1cccc(-c2cc[c-]c(-c3ccc(C(F)(F)F)cn3)c2)c1.Cc1cccc(C)c1-c1ccc(-c2[c-]cccc2)nc1.[Ir]. The van der Waals surface area contributed by atoms with Crippen LogP contribution in [-0.4, -0.2) is 9.97 Å². The van der Waals surface area contributed by atoms with E-state index >= 15 is 0 Å². The maximum atomic E-state index is 12.7. The minimum atomic E-state index is -4.38.